The van der Waals surface area contributed by atoms with Crippen LogP contribution in [0.25, 0.3) is 22.0 Å². The normalized spacial score (nSPS) is 13.6. The van der Waals surface area contributed by atoms with Crippen molar-refractivity contribution in [1.82, 2.24) is 19.8 Å². The maximum Gasteiger partial charge on any atom is 0.260 e. The third kappa shape index (κ3) is 4.82. The number of piperazine rings is 1. The zero-order valence-electron chi connectivity index (χ0n) is 21.2. The molecule has 8 nitrogen and oxygen atoms in total. The van der Waals surface area contributed by atoms with Gasteiger partial charge in [0.1, 0.15) is 0 Å². The molecule has 1 N–H and O–H groups in total. The molecule has 1 aliphatic rings. The summed E-state index contributed by atoms with van der Waals surface area (Å²) >= 11 is 0. The molecule has 1 aliphatic heterocycles. The van der Waals surface area contributed by atoms with Gasteiger partial charge in [0, 0.05) is 51.4 Å². The number of rotatable bonds is 4. The number of carbonyl (C=O) groups is 2. The summed E-state index contributed by atoms with van der Waals surface area (Å²) in [5.74, 6) is 0.488. The molecule has 3 aromatic carbocycles. The molecule has 0 aliphatic carbocycles. The van der Waals surface area contributed by atoms with E-state index < -0.39 is 0 Å². The van der Waals surface area contributed by atoms with Crippen molar-refractivity contribution in [2.75, 3.05) is 45.2 Å². The lowest BCUT2D eigenvalue weighted by atomic mass is 9.97. The van der Waals surface area contributed by atoms with E-state index in [0.717, 1.165) is 16.7 Å². The fourth-order valence-electron chi connectivity index (χ4n) is 4.70. The molecule has 1 fully saturated rings. The van der Waals surface area contributed by atoms with Gasteiger partial charge in [-0.2, -0.15) is 0 Å². The third-order valence-electron chi connectivity index (χ3n) is 6.79. The Hall–Kier alpha value is -4.46. The number of nitrogens with zero attached hydrogens (tertiary/aromatic N) is 4. The Bertz CT molecular complexity index is 1530. The lowest BCUT2D eigenvalue weighted by Gasteiger charge is -2.35. The maximum atomic E-state index is 13.2. The quantitative estimate of drug-likeness (QED) is 0.468. The highest BCUT2D eigenvalue weighted by molar-refractivity contribution is 5.96. The molecule has 5 rings (SSSR count). The van der Waals surface area contributed by atoms with Gasteiger partial charge < -0.3 is 14.7 Å². The summed E-state index contributed by atoms with van der Waals surface area (Å²) in [6.07, 6.45) is 0. The average Bonchev–Trinajstić information content (AvgIpc) is 2.92. The van der Waals surface area contributed by atoms with Gasteiger partial charge in [-0.3, -0.25) is 19.4 Å². The minimum absolute atomic E-state index is 0.0128. The number of nitrogens with one attached hydrogen (secondary N) is 1. The number of aromatic amines is 1. The number of anilines is 1. The summed E-state index contributed by atoms with van der Waals surface area (Å²) < 4.78 is 0. The van der Waals surface area contributed by atoms with Crippen LogP contribution in [0.3, 0.4) is 0 Å². The Labute approximate surface area is 215 Å². The number of carbonyl (C=O) groups excluding carboxylic acids is 2. The number of hydrogen-bond acceptors (Lipinski definition) is 5. The zero-order valence-corrected chi connectivity index (χ0v) is 21.2. The summed E-state index contributed by atoms with van der Waals surface area (Å²) in [7, 11) is 3.47. The number of amides is 2. The van der Waals surface area contributed by atoms with Crippen molar-refractivity contribution in [1.29, 1.82) is 0 Å². The number of para-hydroxylation sites is 1. The van der Waals surface area contributed by atoms with Gasteiger partial charge in [0.15, 0.2) is 0 Å². The Kier molecular flexibility index (Phi) is 6.48. The largest absolute Gasteiger partial charge is 0.345 e. The van der Waals surface area contributed by atoms with E-state index >= 15 is 0 Å². The lowest BCUT2D eigenvalue weighted by molar-refractivity contribution is 0.0745. The van der Waals surface area contributed by atoms with Crippen molar-refractivity contribution >= 4 is 28.7 Å². The van der Waals surface area contributed by atoms with Gasteiger partial charge in [-0.25, -0.2) is 4.98 Å². The van der Waals surface area contributed by atoms with Crippen LogP contribution in [-0.4, -0.2) is 71.9 Å². The predicted octanol–water partition coefficient (Wildman–Crippen LogP) is 3.56. The SMILES string of the molecule is Cc1cc(C(=O)N2CCN(c3nc4ccccc4c(=O)[nH]3)CC2)ccc1-c1ccc(C(=O)N(C)C)cc1. The molecular weight excluding hydrogens is 466 g/mol. The molecule has 4 aromatic rings. The van der Waals surface area contributed by atoms with E-state index in [1.807, 2.05) is 77.4 Å². The van der Waals surface area contributed by atoms with Crippen molar-refractivity contribution in [2.45, 2.75) is 6.92 Å². The van der Waals surface area contributed by atoms with E-state index in [0.29, 0.717) is 54.2 Å². The highest BCUT2D eigenvalue weighted by atomic mass is 16.2. The Morgan fingerprint density at radius 2 is 1.57 bits per heavy atom. The Balaban J connectivity index is 1.27. The monoisotopic (exact) mass is 495 g/mol. The van der Waals surface area contributed by atoms with E-state index in [4.69, 9.17) is 0 Å². The van der Waals surface area contributed by atoms with Crippen LogP contribution in [-0.2, 0) is 0 Å². The fraction of sp³-hybridized carbons (Fsp3) is 0.241. The Morgan fingerprint density at radius 1 is 0.892 bits per heavy atom. The van der Waals surface area contributed by atoms with Crippen LogP contribution >= 0.6 is 0 Å². The molecule has 8 heteroatoms. The van der Waals surface area contributed by atoms with Crippen LogP contribution in [0.5, 0.6) is 0 Å². The predicted molar refractivity (Wildman–Crippen MR) is 145 cm³/mol. The zero-order chi connectivity index (χ0) is 26.1. The number of fused-ring (bicyclic) bond motifs is 1. The highest BCUT2D eigenvalue weighted by Crippen LogP contribution is 2.26. The standard InChI is InChI=1S/C29H29N5O3/c1-19-18-22(12-13-23(19)20-8-10-21(11-9-20)27(36)32(2)3)28(37)33-14-16-34(17-15-33)29-30-25-7-5-4-6-24(25)26(35)31-29/h4-13,18H,14-17H2,1-3H3,(H,30,31,35). The van der Waals surface area contributed by atoms with Gasteiger partial charge in [-0.05, 0) is 60.0 Å². The molecule has 2 heterocycles. The second-order valence-electron chi connectivity index (χ2n) is 9.49. The van der Waals surface area contributed by atoms with Gasteiger partial charge >= 0.3 is 0 Å². The number of aromatic nitrogens is 2. The van der Waals surface area contributed by atoms with Gasteiger partial charge in [0.2, 0.25) is 5.95 Å². The van der Waals surface area contributed by atoms with Crippen LogP contribution in [0.15, 0.2) is 71.5 Å². The first-order valence-electron chi connectivity index (χ1n) is 12.3. The second-order valence-corrected chi connectivity index (χ2v) is 9.49. The van der Waals surface area contributed by atoms with E-state index in [-0.39, 0.29) is 17.4 Å². The number of benzene rings is 3. The minimum Gasteiger partial charge on any atom is -0.345 e. The molecule has 1 saturated heterocycles. The summed E-state index contributed by atoms with van der Waals surface area (Å²) in [6, 6.07) is 20.5. The first-order valence-corrected chi connectivity index (χ1v) is 12.3. The van der Waals surface area contributed by atoms with Gasteiger partial charge in [-0.1, -0.05) is 30.3 Å². The van der Waals surface area contributed by atoms with Crippen molar-refractivity contribution in [3.05, 3.63) is 93.8 Å². The maximum absolute atomic E-state index is 13.2. The van der Waals surface area contributed by atoms with Crippen molar-refractivity contribution in [2.24, 2.45) is 0 Å². The first kappa shape index (κ1) is 24.2. The number of hydrogen-bond donors (Lipinski definition) is 1. The van der Waals surface area contributed by atoms with Crippen molar-refractivity contribution < 1.29 is 9.59 Å². The van der Waals surface area contributed by atoms with Crippen LogP contribution in [0.2, 0.25) is 0 Å². The van der Waals surface area contributed by atoms with E-state index in [1.165, 1.54) is 0 Å². The fourth-order valence-corrected chi connectivity index (χ4v) is 4.70. The first-order chi connectivity index (χ1) is 17.8. The number of H-pyrrole nitrogens is 1. The van der Waals surface area contributed by atoms with Crippen LogP contribution in [0.1, 0.15) is 26.3 Å². The molecule has 2 amide bonds. The third-order valence-corrected chi connectivity index (χ3v) is 6.79. The molecule has 0 bridgehead atoms. The topological polar surface area (TPSA) is 89.6 Å². The van der Waals surface area contributed by atoms with E-state index in [9.17, 15) is 14.4 Å². The summed E-state index contributed by atoms with van der Waals surface area (Å²) in [5.41, 5.74) is 4.80. The van der Waals surface area contributed by atoms with Crippen molar-refractivity contribution in [3.63, 3.8) is 0 Å². The molecule has 0 unspecified atom stereocenters. The van der Waals surface area contributed by atoms with Gasteiger partial charge in [0.05, 0.1) is 10.9 Å². The molecule has 1 aromatic heterocycles. The summed E-state index contributed by atoms with van der Waals surface area (Å²) in [4.78, 5) is 50.7. The average molecular weight is 496 g/mol. The molecule has 0 radical (unpaired) electrons. The summed E-state index contributed by atoms with van der Waals surface area (Å²) in [6.45, 7) is 4.24. The second kappa shape index (κ2) is 9.89. The van der Waals surface area contributed by atoms with Crippen LogP contribution in [0.4, 0.5) is 5.95 Å². The van der Waals surface area contributed by atoms with E-state index in [1.54, 1.807) is 25.1 Å². The molecule has 37 heavy (non-hydrogen) atoms. The summed E-state index contributed by atoms with van der Waals surface area (Å²) in [5, 5.41) is 0.567. The van der Waals surface area contributed by atoms with Crippen molar-refractivity contribution in [3.8, 4) is 11.1 Å². The van der Waals surface area contributed by atoms with Crippen LogP contribution < -0.4 is 10.5 Å². The van der Waals surface area contributed by atoms with Gasteiger partial charge in [-0.15, -0.1) is 0 Å². The smallest absolute Gasteiger partial charge is 0.260 e. The van der Waals surface area contributed by atoms with Gasteiger partial charge in [0.25, 0.3) is 17.4 Å². The highest BCUT2D eigenvalue weighted by Gasteiger charge is 2.24. The Morgan fingerprint density at radius 3 is 2.24 bits per heavy atom. The molecule has 188 valence electrons. The number of aryl methyl sites for hydroxylation is 1. The van der Waals surface area contributed by atoms with E-state index in [2.05, 4.69) is 9.97 Å². The molecular formula is C29H29N5O3. The molecule has 0 spiro atoms. The minimum atomic E-state index is -0.159. The lowest BCUT2D eigenvalue weighted by Crippen LogP contribution is -2.49. The molecule has 0 saturated carbocycles. The molecule has 0 atom stereocenters. The van der Waals surface area contributed by atoms with Crippen LogP contribution in [0, 0.1) is 6.92 Å².